The third-order valence-electron chi connectivity index (χ3n) is 13.1. The maximum Gasteiger partial charge on any atom is 0.158 e. The number of amidine groups is 2. The summed E-state index contributed by atoms with van der Waals surface area (Å²) >= 11 is 0. The van der Waals surface area contributed by atoms with Gasteiger partial charge in [-0.1, -0.05) is 170 Å². The summed E-state index contributed by atoms with van der Waals surface area (Å²) in [5, 5.41) is 7.97. The van der Waals surface area contributed by atoms with Crippen LogP contribution in [0.3, 0.4) is 0 Å². The van der Waals surface area contributed by atoms with Gasteiger partial charge in [-0.2, -0.15) is 0 Å². The molecule has 0 radical (unpaired) electrons. The molecule has 1 unspecified atom stereocenters. The van der Waals surface area contributed by atoms with Gasteiger partial charge in [-0.05, 0) is 93.5 Å². The summed E-state index contributed by atoms with van der Waals surface area (Å²) < 4.78 is 6.69. The number of fused-ring (bicyclic) bond motifs is 9. The Hall–Kier alpha value is -8.02. The fourth-order valence-corrected chi connectivity index (χ4v) is 9.97. The zero-order chi connectivity index (χ0) is 42.6. The first-order valence-electron chi connectivity index (χ1n) is 22.2. The van der Waals surface area contributed by atoms with E-state index in [2.05, 4.69) is 204 Å². The molecular weight excluding hydrogens is 781 g/mol. The summed E-state index contributed by atoms with van der Waals surface area (Å²) in [6, 6.07) is 64.7. The van der Waals surface area contributed by atoms with Gasteiger partial charge in [-0.3, -0.25) is 0 Å². The summed E-state index contributed by atoms with van der Waals surface area (Å²) in [7, 11) is 1.95. The quantitative estimate of drug-likeness (QED) is 0.134. The van der Waals surface area contributed by atoms with Crippen LogP contribution in [0.5, 0.6) is 0 Å². The zero-order valence-corrected chi connectivity index (χ0v) is 35.5. The van der Waals surface area contributed by atoms with Crippen LogP contribution in [-0.2, 0) is 6.42 Å². The molecule has 0 spiro atoms. The second kappa shape index (κ2) is 15.7. The second-order valence-electron chi connectivity index (χ2n) is 16.8. The van der Waals surface area contributed by atoms with E-state index in [0.717, 1.165) is 75.1 Å². The number of hydrogen-bond donors (Lipinski definition) is 1. The number of rotatable bonds is 6. The van der Waals surface area contributed by atoms with Crippen LogP contribution >= 0.6 is 0 Å². The molecule has 2 heterocycles. The Morgan fingerprint density at radius 2 is 1.36 bits per heavy atom. The number of para-hydroxylation sites is 1. The molecule has 9 aromatic rings. The Kier molecular flexibility index (Phi) is 9.26. The van der Waals surface area contributed by atoms with Gasteiger partial charge in [0, 0.05) is 40.4 Å². The molecule has 0 saturated heterocycles. The van der Waals surface area contributed by atoms with Crippen LogP contribution in [0.4, 0.5) is 17.1 Å². The van der Waals surface area contributed by atoms with Gasteiger partial charge in [0.15, 0.2) is 5.84 Å². The fraction of sp³-hybridized carbons (Fsp3) is 0.0847. The highest BCUT2D eigenvalue weighted by molar-refractivity contribution is 6.16. The topological polar surface area (TPSA) is 53.1 Å². The number of hydrogen-bond acceptors (Lipinski definition) is 3. The molecule has 3 aliphatic rings. The SMILES string of the molecule is CNC(=NC(=Nc1cc2c(cc1N1c3c(ccc4ccccc34)C3=Cc4ccccc4CC31)oc1ccccc12)C1=CC(c2ccccc2)=CCC1)c1ccc(-c2ccccc2)cc1. The summed E-state index contributed by atoms with van der Waals surface area (Å²) in [6.07, 6.45) is 9.56. The van der Waals surface area contributed by atoms with E-state index in [9.17, 15) is 0 Å². The molecule has 1 aliphatic heterocycles. The first-order chi connectivity index (χ1) is 31.7. The molecule has 5 heteroatoms. The number of anilines is 2. The molecule has 64 heavy (non-hydrogen) atoms. The first kappa shape index (κ1) is 37.7. The van der Waals surface area contributed by atoms with E-state index in [1.54, 1.807) is 0 Å². The Morgan fingerprint density at radius 1 is 0.641 bits per heavy atom. The number of allylic oxidation sites excluding steroid dienone is 3. The van der Waals surface area contributed by atoms with Gasteiger partial charge in [-0.25, -0.2) is 9.98 Å². The average Bonchev–Trinajstić information content (AvgIpc) is 3.89. The molecule has 0 amide bonds. The van der Waals surface area contributed by atoms with Crippen LogP contribution in [0.25, 0.3) is 61.1 Å². The third-order valence-corrected chi connectivity index (χ3v) is 13.1. The molecule has 1 N–H and O–H groups in total. The van der Waals surface area contributed by atoms with Crippen molar-refractivity contribution in [1.82, 2.24) is 5.32 Å². The van der Waals surface area contributed by atoms with Gasteiger partial charge in [0.25, 0.3) is 0 Å². The van der Waals surface area contributed by atoms with Crippen molar-refractivity contribution >= 4 is 78.7 Å². The van der Waals surface area contributed by atoms with E-state index in [1.165, 1.54) is 55.4 Å². The van der Waals surface area contributed by atoms with Gasteiger partial charge >= 0.3 is 0 Å². The van der Waals surface area contributed by atoms with Gasteiger partial charge in [0.2, 0.25) is 0 Å². The molecule has 0 saturated carbocycles. The van der Waals surface area contributed by atoms with E-state index in [0.29, 0.717) is 5.84 Å². The Labute approximate surface area is 372 Å². The van der Waals surface area contributed by atoms with Crippen molar-refractivity contribution in [2.45, 2.75) is 25.3 Å². The Morgan fingerprint density at radius 3 is 2.19 bits per heavy atom. The number of aliphatic imine (C=N–C) groups is 2. The lowest BCUT2D eigenvalue weighted by Crippen LogP contribution is -2.31. The summed E-state index contributed by atoms with van der Waals surface area (Å²) in [6.45, 7) is 0. The van der Waals surface area contributed by atoms with E-state index in [4.69, 9.17) is 14.4 Å². The molecule has 2 aliphatic carbocycles. The van der Waals surface area contributed by atoms with Crippen molar-refractivity contribution in [3.8, 4) is 11.1 Å². The highest BCUT2D eigenvalue weighted by Gasteiger charge is 2.40. The smallest absolute Gasteiger partial charge is 0.158 e. The molecular formula is C59H44N4O. The number of benzene rings is 8. The molecule has 1 aromatic heterocycles. The van der Waals surface area contributed by atoms with Gasteiger partial charge < -0.3 is 14.6 Å². The van der Waals surface area contributed by atoms with E-state index in [-0.39, 0.29) is 6.04 Å². The number of nitrogens with one attached hydrogen (secondary N) is 1. The standard InChI is InChI=1S/C59H44N4O/c1-60-58(42-29-27-40(28-30-42)38-15-4-2-5-16-38)62-59(46-23-14-22-43(33-46)39-17-6-3-7-18-39)61-52-36-51-48-25-12-13-26-55(48)64-56(51)37-54(52)63-53-35-45-21-9-8-20-44(45)34-50(53)49-32-31-41-19-10-11-24-47(41)57(49)63/h2-13,15-22,24-34,36-37,53H,14,23,35H2,1H3,(H,60,61,62). The lowest BCUT2D eigenvalue weighted by Gasteiger charge is -2.32. The summed E-state index contributed by atoms with van der Waals surface area (Å²) in [5.41, 5.74) is 16.6. The summed E-state index contributed by atoms with van der Waals surface area (Å²) in [5.74, 6) is 1.42. The predicted molar refractivity (Wildman–Crippen MR) is 268 cm³/mol. The van der Waals surface area contributed by atoms with Gasteiger partial charge in [-0.15, -0.1) is 0 Å². The van der Waals surface area contributed by atoms with E-state index < -0.39 is 0 Å². The van der Waals surface area contributed by atoms with Crippen molar-refractivity contribution < 1.29 is 4.42 Å². The monoisotopic (exact) mass is 824 g/mol. The minimum atomic E-state index is 0.0379. The largest absolute Gasteiger partial charge is 0.456 e. The molecule has 0 fully saturated rings. The fourth-order valence-electron chi connectivity index (χ4n) is 9.97. The summed E-state index contributed by atoms with van der Waals surface area (Å²) in [4.78, 5) is 13.9. The minimum Gasteiger partial charge on any atom is -0.456 e. The lowest BCUT2D eigenvalue weighted by molar-refractivity contribution is 0.668. The van der Waals surface area contributed by atoms with Crippen molar-refractivity contribution in [3.05, 3.63) is 228 Å². The van der Waals surface area contributed by atoms with Crippen molar-refractivity contribution in [2.75, 3.05) is 11.9 Å². The van der Waals surface area contributed by atoms with Crippen molar-refractivity contribution in [1.29, 1.82) is 0 Å². The van der Waals surface area contributed by atoms with Crippen molar-refractivity contribution in [3.63, 3.8) is 0 Å². The van der Waals surface area contributed by atoms with Crippen LogP contribution < -0.4 is 10.2 Å². The highest BCUT2D eigenvalue weighted by atomic mass is 16.3. The number of nitrogens with zero attached hydrogens (tertiary/aromatic N) is 3. The molecule has 12 rings (SSSR count). The van der Waals surface area contributed by atoms with E-state index in [1.807, 2.05) is 13.1 Å². The predicted octanol–water partition coefficient (Wildman–Crippen LogP) is 14.5. The van der Waals surface area contributed by atoms with Crippen LogP contribution in [0, 0.1) is 0 Å². The van der Waals surface area contributed by atoms with Crippen LogP contribution in [0.1, 0.15) is 40.7 Å². The molecule has 8 aromatic carbocycles. The van der Waals surface area contributed by atoms with E-state index >= 15 is 0 Å². The first-order valence-corrected chi connectivity index (χ1v) is 22.2. The average molecular weight is 825 g/mol. The maximum atomic E-state index is 6.69. The molecule has 1 atom stereocenters. The third kappa shape index (κ3) is 6.56. The zero-order valence-electron chi connectivity index (χ0n) is 35.5. The van der Waals surface area contributed by atoms with Crippen LogP contribution in [0.15, 0.2) is 214 Å². The Balaban J connectivity index is 1.10. The molecule has 5 nitrogen and oxygen atoms in total. The van der Waals surface area contributed by atoms with Crippen molar-refractivity contribution in [2.24, 2.45) is 9.98 Å². The van der Waals surface area contributed by atoms with Crippen LogP contribution in [0.2, 0.25) is 0 Å². The lowest BCUT2D eigenvalue weighted by atomic mass is 9.86. The van der Waals surface area contributed by atoms with Gasteiger partial charge in [0.1, 0.15) is 17.0 Å². The highest BCUT2D eigenvalue weighted by Crippen LogP contribution is 2.54. The molecule has 306 valence electrons. The van der Waals surface area contributed by atoms with Crippen LogP contribution in [-0.4, -0.2) is 24.8 Å². The second-order valence-corrected chi connectivity index (χ2v) is 16.8. The minimum absolute atomic E-state index is 0.0379. The normalized spacial score (nSPS) is 16.0. The maximum absolute atomic E-state index is 6.69. The Bertz CT molecular complexity index is 3440. The number of furan rings is 1. The van der Waals surface area contributed by atoms with Gasteiger partial charge in [0.05, 0.1) is 23.1 Å². The molecule has 0 bridgehead atoms.